The Balaban J connectivity index is 1.24. The molecule has 1 unspecified atom stereocenters. The molecule has 0 saturated carbocycles. The molecule has 0 aliphatic carbocycles. The average molecular weight is 493 g/mol. The first-order valence-corrected chi connectivity index (χ1v) is 12.6. The summed E-state index contributed by atoms with van der Waals surface area (Å²) in [5.41, 5.74) is 3.05. The highest BCUT2D eigenvalue weighted by atomic mass is 32.2. The number of sulfonamides is 1. The lowest BCUT2D eigenvalue weighted by atomic mass is 10.1. The van der Waals surface area contributed by atoms with Crippen molar-refractivity contribution >= 4 is 27.3 Å². The first-order valence-electron chi connectivity index (χ1n) is 11.2. The molecule has 1 N–H and O–H groups in total. The Kier molecular flexibility index (Phi) is 5.95. The molecule has 1 amide bonds. The number of amides is 1. The maximum atomic E-state index is 12.8. The van der Waals surface area contributed by atoms with Crippen LogP contribution in [0.4, 0.5) is 5.69 Å². The van der Waals surface area contributed by atoms with Crippen LogP contribution >= 0.6 is 0 Å². The Hall–Kier alpha value is -3.83. The van der Waals surface area contributed by atoms with E-state index in [1.165, 1.54) is 13.0 Å². The molecule has 0 radical (unpaired) electrons. The van der Waals surface area contributed by atoms with Gasteiger partial charge >= 0.3 is 0 Å². The van der Waals surface area contributed by atoms with Crippen LogP contribution in [0, 0.1) is 0 Å². The topological polar surface area (TPSA) is 119 Å². The minimum atomic E-state index is -3.74. The van der Waals surface area contributed by atoms with Crippen LogP contribution in [0.2, 0.25) is 0 Å². The number of nitrogens with one attached hydrogen (secondary N) is 1. The van der Waals surface area contributed by atoms with Gasteiger partial charge in [0, 0.05) is 36.8 Å². The maximum absolute atomic E-state index is 12.8. The Labute approximate surface area is 202 Å². The van der Waals surface area contributed by atoms with Gasteiger partial charge in [0.2, 0.25) is 21.8 Å². The molecule has 5 rings (SSSR count). The predicted molar refractivity (Wildman–Crippen MR) is 130 cm³/mol. The SMILES string of the molecule is CC(=O)N1c2ccc(S(=O)(=O)NCCOc3ccc4nnc(-c5ccccc5)n4n3)cc2CC1C. The quantitative estimate of drug-likeness (QED) is 0.394. The van der Waals surface area contributed by atoms with Crippen molar-refractivity contribution in [2.75, 3.05) is 18.1 Å². The number of carbonyl (C=O) groups excluding carboxylic acids is 1. The first kappa shape index (κ1) is 22.9. The van der Waals surface area contributed by atoms with Crippen LogP contribution in [0.5, 0.6) is 5.88 Å². The Bertz CT molecular complexity index is 1500. The number of ether oxygens (including phenoxy) is 1. The fourth-order valence-electron chi connectivity index (χ4n) is 4.29. The van der Waals surface area contributed by atoms with Crippen LogP contribution in [-0.4, -0.2) is 53.3 Å². The molecule has 4 aromatic rings. The second kappa shape index (κ2) is 9.08. The summed E-state index contributed by atoms with van der Waals surface area (Å²) in [6.07, 6.45) is 0.615. The van der Waals surface area contributed by atoms with Crippen molar-refractivity contribution in [2.45, 2.75) is 31.2 Å². The van der Waals surface area contributed by atoms with Gasteiger partial charge in [0.25, 0.3) is 0 Å². The summed E-state index contributed by atoms with van der Waals surface area (Å²) in [7, 11) is -3.74. The van der Waals surface area contributed by atoms with Crippen LogP contribution in [-0.2, 0) is 21.2 Å². The maximum Gasteiger partial charge on any atom is 0.240 e. The summed E-state index contributed by atoms with van der Waals surface area (Å²) in [4.78, 5) is 13.8. The minimum absolute atomic E-state index is 0.000226. The van der Waals surface area contributed by atoms with Gasteiger partial charge in [-0.25, -0.2) is 13.1 Å². The number of fused-ring (bicyclic) bond motifs is 2. The molecule has 0 saturated heterocycles. The third-order valence-electron chi connectivity index (χ3n) is 5.83. The van der Waals surface area contributed by atoms with Crippen LogP contribution in [0.3, 0.4) is 0 Å². The first-order chi connectivity index (χ1) is 16.8. The lowest BCUT2D eigenvalue weighted by Gasteiger charge is -2.20. The molecule has 11 heteroatoms. The van der Waals surface area contributed by atoms with E-state index in [1.54, 1.807) is 33.7 Å². The highest BCUT2D eigenvalue weighted by Crippen LogP contribution is 2.33. The predicted octanol–water partition coefficient (Wildman–Crippen LogP) is 2.45. The van der Waals surface area contributed by atoms with Crippen molar-refractivity contribution < 1.29 is 17.9 Å². The lowest BCUT2D eigenvalue weighted by molar-refractivity contribution is -0.116. The molecule has 1 aliphatic rings. The molecule has 1 atom stereocenters. The van der Waals surface area contributed by atoms with Gasteiger partial charge in [-0.2, -0.15) is 4.52 Å². The number of rotatable bonds is 7. The Morgan fingerprint density at radius 1 is 1.11 bits per heavy atom. The van der Waals surface area contributed by atoms with Crippen molar-refractivity contribution in [3.63, 3.8) is 0 Å². The fraction of sp³-hybridized carbons (Fsp3) is 0.250. The number of hydrogen-bond acceptors (Lipinski definition) is 7. The zero-order chi connectivity index (χ0) is 24.6. The van der Waals surface area contributed by atoms with Gasteiger partial charge in [-0.15, -0.1) is 15.3 Å². The number of aromatic nitrogens is 4. The molecule has 0 spiro atoms. The minimum Gasteiger partial charge on any atom is -0.475 e. The zero-order valence-electron chi connectivity index (χ0n) is 19.2. The summed E-state index contributed by atoms with van der Waals surface area (Å²) in [6, 6.07) is 17.8. The smallest absolute Gasteiger partial charge is 0.240 e. The molecule has 10 nitrogen and oxygen atoms in total. The van der Waals surface area contributed by atoms with E-state index in [2.05, 4.69) is 20.0 Å². The number of carbonyl (C=O) groups is 1. The largest absolute Gasteiger partial charge is 0.475 e. The van der Waals surface area contributed by atoms with Gasteiger partial charge in [-0.05, 0) is 43.2 Å². The van der Waals surface area contributed by atoms with E-state index < -0.39 is 10.0 Å². The molecule has 3 heterocycles. The number of nitrogens with zero attached hydrogens (tertiary/aromatic N) is 5. The van der Waals surface area contributed by atoms with Crippen LogP contribution in [0.1, 0.15) is 19.4 Å². The third-order valence-corrected chi connectivity index (χ3v) is 7.29. The summed E-state index contributed by atoms with van der Waals surface area (Å²) in [5, 5.41) is 12.7. The molecular weight excluding hydrogens is 468 g/mol. The van der Waals surface area contributed by atoms with Gasteiger partial charge in [-0.3, -0.25) is 4.79 Å². The van der Waals surface area contributed by atoms with Gasteiger partial charge in [0.15, 0.2) is 11.5 Å². The highest BCUT2D eigenvalue weighted by molar-refractivity contribution is 7.89. The lowest BCUT2D eigenvalue weighted by Crippen LogP contribution is -2.33. The molecule has 1 aliphatic heterocycles. The van der Waals surface area contributed by atoms with Crippen molar-refractivity contribution in [3.05, 3.63) is 66.2 Å². The van der Waals surface area contributed by atoms with Crippen molar-refractivity contribution in [2.24, 2.45) is 0 Å². The van der Waals surface area contributed by atoms with Crippen molar-refractivity contribution in [3.8, 4) is 17.3 Å². The Morgan fingerprint density at radius 3 is 2.69 bits per heavy atom. The monoisotopic (exact) mass is 492 g/mol. The van der Waals surface area contributed by atoms with Crippen LogP contribution < -0.4 is 14.4 Å². The van der Waals surface area contributed by atoms with E-state index in [0.29, 0.717) is 23.8 Å². The number of hydrogen-bond donors (Lipinski definition) is 1. The average Bonchev–Trinajstić information content (AvgIpc) is 3.41. The summed E-state index contributed by atoms with van der Waals surface area (Å²) in [6.45, 7) is 3.60. The molecule has 0 fully saturated rings. The van der Waals surface area contributed by atoms with Gasteiger partial charge in [0.05, 0.1) is 4.90 Å². The zero-order valence-corrected chi connectivity index (χ0v) is 20.1. The summed E-state index contributed by atoms with van der Waals surface area (Å²) in [5.74, 6) is 0.849. The van der Waals surface area contributed by atoms with Crippen molar-refractivity contribution in [1.29, 1.82) is 0 Å². The van der Waals surface area contributed by atoms with E-state index >= 15 is 0 Å². The molecule has 0 bridgehead atoms. The fourth-order valence-corrected chi connectivity index (χ4v) is 5.35. The van der Waals surface area contributed by atoms with E-state index in [1.807, 2.05) is 37.3 Å². The second-order valence-corrected chi connectivity index (χ2v) is 10.1. The van der Waals surface area contributed by atoms with Gasteiger partial charge < -0.3 is 9.64 Å². The van der Waals surface area contributed by atoms with Gasteiger partial charge in [-0.1, -0.05) is 30.3 Å². The number of anilines is 1. The molecule has 2 aromatic heterocycles. The van der Waals surface area contributed by atoms with E-state index in [9.17, 15) is 13.2 Å². The van der Waals surface area contributed by atoms with Crippen molar-refractivity contribution in [1.82, 2.24) is 24.5 Å². The Morgan fingerprint density at radius 2 is 1.91 bits per heavy atom. The number of benzene rings is 2. The third kappa shape index (κ3) is 4.47. The van der Waals surface area contributed by atoms with E-state index in [0.717, 1.165) is 16.8 Å². The highest BCUT2D eigenvalue weighted by Gasteiger charge is 2.30. The van der Waals surface area contributed by atoms with Gasteiger partial charge in [0.1, 0.15) is 6.61 Å². The standard InChI is InChI=1S/C24H24N6O4S/c1-16-14-19-15-20(8-9-21(19)29(16)17(2)31)35(32,33)25-12-13-34-23-11-10-22-26-27-24(30(22)28-23)18-6-4-3-5-7-18/h3-11,15-16,25H,12-14H2,1-2H3. The van der Waals surface area contributed by atoms with Crippen LogP contribution in [0.15, 0.2) is 65.6 Å². The normalized spacial score (nSPS) is 15.4. The summed E-state index contributed by atoms with van der Waals surface area (Å²) < 4.78 is 35.4. The van der Waals surface area contributed by atoms with E-state index in [4.69, 9.17) is 4.74 Å². The second-order valence-electron chi connectivity index (χ2n) is 8.31. The molecule has 2 aromatic carbocycles. The molecular formula is C24H24N6O4S. The molecule has 180 valence electrons. The van der Waals surface area contributed by atoms with Crippen LogP contribution in [0.25, 0.3) is 17.0 Å². The summed E-state index contributed by atoms with van der Waals surface area (Å²) >= 11 is 0. The van der Waals surface area contributed by atoms with E-state index in [-0.39, 0.29) is 30.0 Å². The molecule has 35 heavy (non-hydrogen) atoms.